The molecule has 0 aromatic heterocycles. The quantitative estimate of drug-likeness (QED) is 0.752. The number of ether oxygens (including phenoxy) is 2. The molecule has 0 aliphatic heterocycles. The minimum atomic E-state index is 0.464. The van der Waals surface area contributed by atoms with Crippen molar-refractivity contribution >= 4 is 0 Å². The molecule has 1 unspecified atom stereocenters. The molecule has 0 amide bonds. The number of rotatable bonds is 9. The van der Waals surface area contributed by atoms with E-state index in [0.717, 1.165) is 25.3 Å². The minimum Gasteiger partial charge on any atom is -0.496 e. The lowest BCUT2D eigenvalue weighted by Gasteiger charge is -2.20. The van der Waals surface area contributed by atoms with Gasteiger partial charge in [-0.1, -0.05) is 18.2 Å². The van der Waals surface area contributed by atoms with Crippen molar-refractivity contribution in [1.82, 2.24) is 5.32 Å². The molecule has 20 heavy (non-hydrogen) atoms. The lowest BCUT2D eigenvalue weighted by molar-refractivity contribution is 0.170. The average Bonchev–Trinajstić information content (AvgIpc) is 3.24. The van der Waals surface area contributed by atoms with Gasteiger partial charge in [-0.3, -0.25) is 0 Å². The number of hydrogen-bond acceptors (Lipinski definition) is 3. The van der Waals surface area contributed by atoms with Gasteiger partial charge in [0, 0.05) is 26.3 Å². The van der Waals surface area contributed by atoms with Crippen LogP contribution in [0.1, 0.15) is 31.7 Å². The molecule has 1 aromatic carbocycles. The standard InChI is InChI=1S/C17H27NO2/c1-14(12-15-6-4-5-7-16(15)20-3)18-13-17(8-9-17)10-11-19-2/h4-7,14,18H,8-13H2,1-3H3. The van der Waals surface area contributed by atoms with Gasteiger partial charge in [0.1, 0.15) is 5.75 Å². The van der Waals surface area contributed by atoms with Crippen molar-refractivity contribution in [3.63, 3.8) is 0 Å². The molecule has 1 atom stereocenters. The lowest BCUT2D eigenvalue weighted by Crippen LogP contribution is -2.34. The Balaban J connectivity index is 1.79. The lowest BCUT2D eigenvalue weighted by atomic mass is 10.0. The molecule has 3 heteroatoms. The summed E-state index contributed by atoms with van der Waals surface area (Å²) in [4.78, 5) is 0. The van der Waals surface area contributed by atoms with Gasteiger partial charge in [-0.15, -0.1) is 0 Å². The third-order valence-electron chi connectivity index (χ3n) is 4.34. The Kier molecular flexibility index (Phi) is 5.44. The van der Waals surface area contributed by atoms with Gasteiger partial charge in [-0.2, -0.15) is 0 Å². The monoisotopic (exact) mass is 277 g/mol. The maximum atomic E-state index is 5.41. The van der Waals surface area contributed by atoms with Crippen LogP contribution in [0.5, 0.6) is 5.75 Å². The molecule has 0 spiro atoms. The van der Waals surface area contributed by atoms with Crippen molar-refractivity contribution in [2.75, 3.05) is 27.4 Å². The van der Waals surface area contributed by atoms with Crippen molar-refractivity contribution in [3.8, 4) is 5.75 Å². The Morgan fingerprint density at radius 1 is 1.25 bits per heavy atom. The molecule has 0 saturated heterocycles. The number of para-hydroxylation sites is 1. The first-order valence-corrected chi connectivity index (χ1v) is 7.53. The fraction of sp³-hybridized carbons (Fsp3) is 0.647. The van der Waals surface area contributed by atoms with Crippen molar-refractivity contribution in [3.05, 3.63) is 29.8 Å². The summed E-state index contributed by atoms with van der Waals surface area (Å²) in [5, 5.41) is 3.68. The first-order chi connectivity index (χ1) is 9.69. The van der Waals surface area contributed by atoms with E-state index in [4.69, 9.17) is 9.47 Å². The van der Waals surface area contributed by atoms with Gasteiger partial charge in [-0.25, -0.2) is 0 Å². The van der Waals surface area contributed by atoms with Crippen molar-refractivity contribution in [1.29, 1.82) is 0 Å². The summed E-state index contributed by atoms with van der Waals surface area (Å²) in [5.74, 6) is 0.988. The minimum absolute atomic E-state index is 0.464. The van der Waals surface area contributed by atoms with Crippen molar-refractivity contribution < 1.29 is 9.47 Å². The molecule has 3 nitrogen and oxygen atoms in total. The highest BCUT2D eigenvalue weighted by atomic mass is 16.5. The Morgan fingerprint density at radius 2 is 2.00 bits per heavy atom. The first-order valence-electron chi connectivity index (χ1n) is 7.53. The second kappa shape index (κ2) is 7.09. The number of methoxy groups -OCH3 is 2. The Hall–Kier alpha value is -1.06. The van der Waals surface area contributed by atoms with Crippen LogP contribution in [0.4, 0.5) is 0 Å². The van der Waals surface area contributed by atoms with E-state index in [0.29, 0.717) is 11.5 Å². The summed E-state index contributed by atoms with van der Waals surface area (Å²) < 4.78 is 10.6. The van der Waals surface area contributed by atoms with Gasteiger partial charge >= 0.3 is 0 Å². The van der Waals surface area contributed by atoms with Crippen molar-refractivity contribution in [2.24, 2.45) is 5.41 Å². The third-order valence-corrected chi connectivity index (χ3v) is 4.34. The fourth-order valence-electron chi connectivity index (χ4n) is 2.67. The smallest absolute Gasteiger partial charge is 0.122 e. The SMILES string of the molecule is COCCC1(CNC(C)Cc2ccccc2OC)CC1. The summed E-state index contributed by atoms with van der Waals surface area (Å²) in [6.45, 7) is 4.23. The zero-order valence-corrected chi connectivity index (χ0v) is 12.9. The molecule has 1 N–H and O–H groups in total. The highest BCUT2D eigenvalue weighted by Gasteiger charge is 2.41. The largest absolute Gasteiger partial charge is 0.496 e. The van der Waals surface area contributed by atoms with Gasteiger partial charge < -0.3 is 14.8 Å². The zero-order valence-electron chi connectivity index (χ0n) is 12.9. The second-order valence-electron chi connectivity index (χ2n) is 6.04. The molecule has 0 bridgehead atoms. The maximum Gasteiger partial charge on any atom is 0.122 e. The van der Waals surface area contributed by atoms with Gasteiger partial charge in [0.2, 0.25) is 0 Å². The molecule has 1 fully saturated rings. The molecular formula is C17H27NO2. The molecule has 1 aliphatic carbocycles. The maximum absolute atomic E-state index is 5.41. The molecule has 112 valence electrons. The Morgan fingerprint density at radius 3 is 2.65 bits per heavy atom. The Labute approximate surface area is 122 Å². The number of hydrogen-bond donors (Lipinski definition) is 1. The predicted molar refractivity (Wildman–Crippen MR) is 82.3 cm³/mol. The first kappa shape index (κ1) is 15.3. The van der Waals surface area contributed by atoms with Crippen LogP contribution in [0.3, 0.4) is 0 Å². The molecule has 0 heterocycles. The number of nitrogens with one attached hydrogen (secondary N) is 1. The van der Waals surface area contributed by atoms with Crippen LogP contribution < -0.4 is 10.1 Å². The van der Waals surface area contributed by atoms with Crippen LogP contribution in [-0.4, -0.2) is 33.4 Å². The third kappa shape index (κ3) is 4.22. The predicted octanol–water partition coefficient (Wildman–Crippen LogP) is 3.03. The van der Waals surface area contributed by atoms with Crippen LogP contribution in [0.15, 0.2) is 24.3 Å². The summed E-state index contributed by atoms with van der Waals surface area (Å²) in [6.07, 6.45) is 4.86. The van der Waals surface area contributed by atoms with E-state index in [-0.39, 0.29) is 0 Å². The summed E-state index contributed by atoms with van der Waals surface area (Å²) in [6, 6.07) is 8.74. The summed E-state index contributed by atoms with van der Waals surface area (Å²) in [5.41, 5.74) is 1.78. The molecule has 1 saturated carbocycles. The fourth-order valence-corrected chi connectivity index (χ4v) is 2.67. The molecule has 1 aliphatic rings. The van der Waals surface area contributed by atoms with Crippen LogP contribution in [-0.2, 0) is 11.2 Å². The van der Waals surface area contributed by atoms with E-state index in [1.807, 2.05) is 12.1 Å². The van der Waals surface area contributed by atoms with Crippen LogP contribution in [0.25, 0.3) is 0 Å². The van der Waals surface area contributed by atoms with E-state index in [1.165, 1.54) is 24.8 Å². The topological polar surface area (TPSA) is 30.5 Å². The number of benzene rings is 1. The van der Waals surface area contributed by atoms with Crippen LogP contribution in [0, 0.1) is 5.41 Å². The van der Waals surface area contributed by atoms with E-state index in [1.54, 1.807) is 14.2 Å². The van der Waals surface area contributed by atoms with E-state index < -0.39 is 0 Å². The van der Waals surface area contributed by atoms with E-state index in [2.05, 4.69) is 24.4 Å². The summed E-state index contributed by atoms with van der Waals surface area (Å²) in [7, 11) is 3.52. The Bertz CT molecular complexity index is 415. The van der Waals surface area contributed by atoms with Gasteiger partial charge in [-0.05, 0) is 49.7 Å². The average molecular weight is 277 g/mol. The normalized spacial score (nSPS) is 17.8. The van der Waals surface area contributed by atoms with Crippen LogP contribution >= 0.6 is 0 Å². The van der Waals surface area contributed by atoms with Crippen LogP contribution in [0.2, 0.25) is 0 Å². The van der Waals surface area contributed by atoms with Crippen molar-refractivity contribution in [2.45, 2.75) is 38.6 Å². The highest BCUT2D eigenvalue weighted by Crippen LogP contribution is 2.48. The molecule has 1 aromatic rings. The van der Waals surface area contributed by atoms with Gasteiger partial charge in [0.05, 0.1) is 7.11 Å². The second-order valence-corrected chi connectivity index (χ2v) is 6.04. The van der Waals surface area contributed by atoms with Gasteiger partial charge in [0.25, 0.3) is 0 Å². The highest BCUT2D eigenvalue weighted by molar-refractivity contribution is 5.33. The summed E-state index contributed by atoms with van der Waals surface area (Å²) >= 11 is 0. The molecule has 2 rings (SSSR count). The van der Waals surface area contributed by atoms with E-state index >= 15 is 0 Å². The zero-order chi connectivity index (χ0) is 14.4. The molecular weight excluding hydrogens is 250 g/mol. The van der Waals surface area contributed by atoms with Gasteiger partial charge in [0.15, 0.2) is 0 Å². The van der Waals surface area contributed by atoms with E-state index in [9.17, 15) is 0 Å². The molecule has 0 radical (unpaired) electrons.